The van der Waals surface area contributed by atoms with Crippen molar-refractivity contribution in [3.8, 4) is 5.75 Å². The van der Waals surface area contributed by atoms with Gasteiger partial charge in [-0.3, -0.25) is 4.79 Å². The molecule has 0 aromatic heterocycles. The summed E-state index contributed by atoms with van der Waals surface area (Å²) in [7, 11) is 0. The zero-order valence-electron chi connectivity index (χ0n) is 11.0. The molecule has 0 aliphatic rings. The number of amides is 1. The Bertz CT molecular complexity index is 596. The highest BCUT2D eigenvalue weighted by molar-refractivity contribution is 5.78. The molecule has 0 aliphatic heterocycles. The molecule has 0 bridgehead atoms. The van der Waals surface area contributed by atoms with Crippen molar-refractivity contribution in [1.29, 1.82) is 0 Å². The van der Waals surface area contributed by atoms with E-state index in [1.807, 2.05) is 24.3 Å². The molecule has 104 valence electrons. The number of aliphatic hydroxyl groups is 1. The summed E-state index contributed by atoms with van der Waals surface area (Å²) in [4.78, 5) is 11.8. The lowest BCUT2D eigenvalue weighted by molar-refractivity contribution is -0.120. The summed E-state index contributed by atoms with van der Waals surface area (Å²) < 4.78 is 0. The molecule has 2 aromatic carbocycles. The lowest BCUT2D eigenvalue weighted by Crippen LogP contribution is -2.24. The number of phenols is 1. The molecular formula is C16H17NO3. The van der Waals surface area contributed by atoms with Gasteiger partial charge < -0.3 is 15.5 Å². The Morgan fingerprint density at radius 3 is 2.45 bits per heavy atom. The quantitative estimate of drug-likeness (QED) is 0.776. The van der Waals surface area contributed by atoms with Crippen LogP contribution in [0.1, 0.15) is 16.7 Å². The maximum absolute atomic E-state index is 11.8. The minimum atomic E-state index is -0.106. The maximum Gasteiger partial charge on any atom is 0.224 e. The number of nitrogens with one attached hydrogen (secondary N) is 1. The summed E-state index contributed by atoms with van der Waals surface area (Å²) in [6, 6.07) is 14.1. The monoisotopic (exact) mass is 271 g/mol. The van der Waals surface area contributed by atoms with Crippen molar-refractivity contribution in [3.05, 3.63) is 65.2 Å². The summed E-state index contributed by atoms with van der Waals surface area (Å²) >= 11 is 0. The van der Waals surface area contributed by atoms with Gasteiger partial charge in [-0.25, -0.2) is 0 Å². The number of benzene rings is 2. The highest BCUT2D eigenvalue weighted by atomic mass is 16.3. The third kappa shape index (κ3) is 4.10. The lowest BCUT2D eigenvalue weighted by Gasteiger charge is -2.07. The Balaban J connectivity index is 1.88. The zero-order chi connectivity index (χ0) is 14.4. The first-order valence-electron chi connectivity index (χ1n) is 6.40. The van der Waals surface area contributed by atoms with Crippen LogP contribution in [0, 0.1) is 0 Å². The van der Waals surface area contributed by atoms with Gasteiger partial charge in [0.15, 0.2) is 0 Å². The number of phenolic OH excluding ortho intramolecular Hbond substituents is 1. The van der Waals surface area contributed by atoms with Crippen LogP contribution < -0.4 is 5.32 Å². The first-order valence-corrected chi connectivity index (χ1v) is 6.40. The van der Waals surface area contributed by atoms with Crippen LogP contribution in [0.4, 0.5) is 0 Å². The Morgan fingerprint density at radius 1 is 1.00 bits per heavy atom. The molecule has 0 heterocycles. The fraction of sp³-hybridized carbons (Fsp3) is 0.188. The molecule has 0 radical (unpaired) electrons. The van der Waals surface area contributed by atoms with Gasteiger partial charge in [-0.1, -0.05) is 36.4 Å². The molecule has 4 nitrogen and oxygen atoms in total. The average molecular weight is 271 g/mol. The van der Waals surface area contributed by atoms with Crippen LogP contribution >= 0.6 is 0 Å². The van der Waals surface area contributed by atoms with E-state index in [-0.39, 0.29) is 24.7 Å². The molecule has 2 aromatic rings. The Labute approximate surface area is 117 Å². The molecule has 0 saturated carbocycles. The van der Waals surface area contributed by atoms with Gasteiger partial charge in [-0.2, -0.15) is 0 Å². The number of rotatable bonds is 5. The van der Waals surface area contributed by atoms with Gasteiger partial charge in [0.2, 0.25) is 5.91 Å². The average Bonchev–Trinajstić information content (AvgIpc) is 2.45. The van der Waals surface area contributed by atoms with Crippen molar-refractivity contribution in [2.24, 2.45) is 0 Å². The van der Waals surface area contributed by atoms with Crippen LogP contribution in [0.3, 0.4) is 0 Å². The first-order chi connectivity index (χ1) is 9.67. The summed E-state index contributed by atoms with van der Waals surface area (Å²) in [6.07, 6.45) is 0.230. The molecule has 2 rings (SSSR count). The maximum atomic E-state index is 11.8. The Morgan fingerprint density at radius 2 is 1.70 bits per heavy atom. The predicted molar refractivity (Wildman–Crippen MR) is 76.0 cm³/mol. The highest BCUT2D eigenvalue weighted by Gasteiger charge is 2.04. The summed E-state index contributed by atoms with van der Waals surface area (Å²) in [5.41, 5.74) is 2.54. The number of aliphatic hydroxyl groups excluding tert-OH is 1. The van der Waals surface area contributed by atoms with Crippen LogP contribution in [0.25, 0.3) is 0 Å². The Hall–Kier alpha value is -2.33. The molecule has 0 aliphatic carbocycles. The van der Waals surface area contributed by atoms with Gasteiger partial charge in [-0.15, -0.1) is 0 Å². The van der Waals surface area contributed by atoms with E-state index in [1.54, 1.807) is 24.3 Å². The number of hydrogen-bond donors (Lipinski definition) is 3. The second-order valence-corrected chi connectivity index (χ2v) is 4.60. The molecule has 0 atom stereocenters. The van der Waals surface area contributed by atoms with Crippen molar-refractivity contribution in [2.45, 2.75) is 19.6 Å². The van der Waals surface area contributed by atoms with E-state index in [0.717, 1.165) is 16.7 Å². The smallest absolute Gasteiger partial charge is 0.224 e. The third-order valence-electron chi connectivity index (χ3n) is 2.94. The molecule has 0 spiro atoms. The van der Waals surface area contributed by atoms with Crippen LogP contribution in [-0.4, -0.2) is 16.1 Å². The minimum absolute atomic E-state index is 0.00885. The van der Waals surface area contributed by atoms with E-state index in [1.165, 1.54) is 0 Å². The van der Waals surface area contributed by atoms with Gasteiger partial charge in [0.05, 0.1) is 13.0 Å². The number of carbonyl (C=O) groups is 1. The molecule has 0 unspecified atom stereocenters. The largest absolute Gasteiger partial charge is 0.508 e. The molecule has 0 saturated heterocycles. The van der Waals surface area contributed by atoms with E-state index >= 15 is 0 Å². The van der Waals surface area contributed by atoms with E-state index in [4.69, 9.17) is 5.11 Å². The molecule has 0 fully saturated rings. The van der Waals surface area contributed by atoms with Gasteiger partial charge in [0, 0.05) is 6.54 Å². The van der Waals surface area contributed by atoms with Crippen molar-refractivity contribution in [1.82, 2.24) is 5.32 Å². The predicted octanol–water partition coefficient (Wildman–Crippen LogP) is 1.74. The van der Waals surface area contributed by atoms with Gasteiger partial charge in [0.1, 0.15) is 5.75 Å². The fourth-order valence-electron chi connectivity index (χ4n) is 1.95. The number of hydrogen-bond acceptors (Lipinski definition) is 3. The third-order valence-corrected chi connectivity index (χ3v) is 2.94. The minimum Gasteiger partial charge on any atom is -0.508 e. The van der Waals surface area contributed by atoms with Crippen LogP contribution in [-0.2, 0) is 24.4 Å². The second kappa shape index (κ2) is 6.73. The van der Waals surface area contributed by atoms with Crippen molar-refractivity contribution >= 4 is 5.91 Å². The topological polar surface area (TPSA) is 69.6 Å². The van der Waals surface area contributed by atoms with Crippen LogP contribution in [0.2, 0.25) is 0 Å². The van der Waals surface area contributed by atoms with Gasteiger partial charge in [-0.05, 0) is 28.8 Å². The van der Waals surface area contributed by atoms with E-state index in [2.05, 4.69) is 5.32 Å². The first kappa shape index (κ1) is 14.1. The highest BCUT2D eigenvalue weighted by Crippen LogP contribution is 2.11. The molecule has 20 heavy (non-hydrogen) atoms. The van der Waals surface area contributed by atoms with Crippen molar-refractivity contribution < 1.29 is 15.0 Å². The Kier molecular flexibility index (Phi) is 4.74. The summed E-state index contributed by atoms with van der Waals surface area (Å²) in [6.45, 7) is 0.413. The number of carbonyl (C=O) groups excluding carboxylic acids is 1. The lowest BCUT2D eigenvalue weighted by atomic mass is 10.1. The van der Waals surface area contributed by atoms with Crippen molar-refractivity contribution in [2.75, 3.05) is 0 Å². The standard InChI is InChI=1S/C16H17NO3/c18-11-14-5-1-4-13(7-14)10-17-16(20)9-12-3-2-6-15(19)8-12/h1-8,18-19H,9-11H2,(H,17,20). The zero-order valence-corrected chi connectivity index (χ0v) is 11.0. The van der Waals surface area contributed by atoms with Crippen LogP contribution in [0.5, 0.6) is 5.75 Å². The molecule has 4 heteroatoms. The fourth-order valence-corrected chi connectivity index (χ4v) is 1.95. The second-order valence-electron chi connectivity index (χ2n) is 4.60. The van der Waals surface area contributed by atoms with Crippen LogP contribution in [0.15, 0.2) is 48.5 Å². The van der Waals surface area contributed by atoms with Crippen molar-refractivity contribution in [3.63, 3.8) is 0 Å². The van der Waals surface area contributed by atoms with Gasteiger partial charge in [0.25, 0.3) is 0 Å². The number of aromatic hydroxyl groups is 1. The summed E-state index contributed by atoms with van der Waals surface area (Å²) in [5.74, 6) is 0.0518. The molecule has 1 amide bonds. The van der Waals surface area contributed by atoms with E-state index in [0.29, 0.717) is 6.54 Å². The van der Waals surface area contributed by atoms with E-state index in [9.17, 15) is 9.90 Å². The SMILES string of the molecule is O=C(Cc1cccc(O)c1)NCc1cccc(CO)c1. The molecule has 3 N–H and O–H groups in total. The summed E-state index contributed by atoms with van der Waals surface area (Å²) in [5, 5.41) is 21.2. The van der Waals surface area contributed by atoms with Gasteiger partial charge >= 0.3 is 0 Å². The molecular weight excluding hydrogens is 254 g/mol. The normalized spacial score (nSPS) is 10.2. The van der Waals surface area contributed by atoms with E-state index < -0.39 is 0 Å².